The van der Waals surface area contributed by atoms with Crippen LogP contribution in [0.2, 0.25) is 0 Å². The van der Waals surface area contributed by atoms with Crippen molar-refractivity contribution in [2.75, 3.05) is 5.32 Å². The van der Waals surface area contributed by atoms with E-state index in [9.17, 15) is 9.59 Å². The van der Waals surface area contributed by atoms with Gasteiger partial charge >= 0.3 is 0 Å². The van der Waals surface area contributed by atoms with Crippen molar-refractivity contribution < 1.29 is 9.59 Å². The number of carbonyl (C=O) groups excluding carboxylic acids is 2. The number of anilines is 1. The van der Waals surface area contributed by atoms with Gasteiger partial charge in [0, 0.05) is 28.4 Å². The Labute approximate surface area is 156 Å². The first-order chi connectivity index (χ1) is 13.1. The van der Waals surface area contributed by atoms with E-state index >= 15 is 0 Å². The first-order valence-corrected chi connectivity index (χ1v) is 8.58. The zero-order chi connectivity index (χ0) is 18.8. The van der Waals surface area contributed by atoms with Crippen LogP contribution in [-0.2, 0) is 4.79 Å². The molecular weight excluding hydrogens is 338 g/mol. The Hall–Kier alpha value is -3.73. The number of carbonyl (C=O) groups is 2. The summed E-state index contributed by atoms with van der Waals surface area (Å²) >= 11 is 0. The topological polar surface area (TPSA) is 74.8 Å². The minimum Gasteiger partial charge on any atom is -0.358 e. The van der Waals surface area contributed by atoms with Gasteiger partial charge in [-0.1, -0.05) is 48.5 Å². The second kappa shape index (κ2) is 6.88. The number of aromatic nitrogens is 2. The van der Waals surface area contributed by atoms with Crippen molar-refractivity contribution in [1.82, 2.24) is 9.97 Å². The van der Waals surface area contributed by atoms with E-state index in [2.05, 4.69) is 15.3 Å². The van der Waals surface area contributed by atoms with Gasteiger partial charge in [-0.3, -0.25) is 9.59 Å². The standard InChI is InChI=1S/C22H17N3O2/c1-14-20(17-9-5-6-10-18(17)24-14)21(26)22(27)25-19-12-11-16(13-23-19)15-7-3-2-4-8-15/h2-13,24H,1H3,(H,23,25,27). The molecular formula is C22H17N3O2. The summed E-state index contributed by atoms with van der Waals surface area (Å²) in [5, 5.41) is 3.33. The quantitative estimate of drug-likeness (QED) is 0.422. The lowest BCUT2D eigenvalue weighted by atomic mass is 10.1. The highest BCUT2D eigenvalue weighted by atomic mass is 16.2. The van der Waals surface area contributed by atoms with E-state index in [-0.39, 0.29) is 0 Å². The number of aryl methyl sites for hydroxylation is 1. The number of pyridine rings is 1. The highest BCUT2D eigenvalue weighted by Crippen LogP contribution is 2.23. The molecule has 0 unspecified atom stereocenters. The lowest BCUT2D eigenvalue weighted by Crippen LogP contribution is -2.23. The van der Waals surface area contributed by atoms with Crippen LogP contribution in [0.3, 0.4) is 0 Å². The van der Waals surface area contributed by atoms with Crippen molar-refractivity contribution in [3.8, 4) is 11.1 Å². The first kappa shape index (κ1) is 16.7. The molecule has 2 aromatic heterocycles. The van der Waals surface area contributed by atoms with Gasteiger partial charge in [-0.15, -0.1) is 0 Å². The number of nitrogens with one attached hydrogen (secondary N) is 2. The molecule has 132 valence electrons. The third-order valence-electron chi connectivity index (χ3n) is 4.44. The summed E-state index contributed by atoms with van der Waals surface area (Å²) in [7, 11) is 0. The second-order valence-corrected chi connectivity index (χ2v) is 6.25. The first-order valence-electron chi connectivity index (χ1n) is 8.58. The number of fused-ring (bicyclic) bond motifs is 1. The third-order valence-corrected chi connectivity index (χ3v) is 4.44. The summed E-state index contributed by atoms with van der Waals surface area (Å²) in [5.74, 6) is -0.952. The molecule has 2 aromatic carbocycles. The Morgan fingerprint density at radius 3 is 2.37 bits per heavy atom. The van der Waals surface area contributed by atoms with Crippen molar-refractivity contribution in [3.05, 3.63) is 84.2 Å². The maximum atomic E-state index is 12.7. The number of nitrogens with zero attached hydrogens (tertiary/aromatic N) is 1. The largest absolute Gasteiger partial charge is 0.358 e. The number of hydrogen-bond donors (Lipinski definition) is 2. The number of hydrogen-bond acceptors (Lipinski definition) is 3. The fourth-order valence-corrected chi connectivity index (χ4v) is 3.13. The number of Topliss-reactive ketones (excluding diaryl/α,β-unsaturated/α-hetero) is 1. The predicted molar refractivity (Wildman–Crippen MR) is 106 cm³/mol. The van der Waals surface area contributed by atoms with Gasteiger partial charge in [0.25, 0.3) is 11.7 Å². The van der Waals surface area contributed by atoms with E-state index in [0.717, 1.165) is 22.0 Å². The molecule has 0 aliphatic rings. The van der Waals surface area contributed by atoms with Gasteiger partial charge in [-0.2, -0.15) is 0 Å². The van der Waals surface area contributed by atoms with Crippen LogP contribution in [0.25, 0.3) is 22.0 Å². The molecule has 1 amide bonds. The Kier molecular flexibility index (Phi) is 4.26. The Morgan fingerprint density at radius 1 is 0.889 bits per heavy atom. The van der Waals surface area contributed by atoms with E-state index in [1.165, 1.54) is 0 Å². The van der Waals surface area contributed by atoms with Crippen LogP contribution in [0.4, 0.5) is 5.82 Å². The molecule has 0 bridgehead atoms. The summed E-state index contributed by atoms with van der Waals surface area (Å²) < 4.78 is 0. The van der Waals surface area contributed by atoms with Gasteiger partial charge in [-0.25, -0.2) is 4.98 Å². The predicted octanol–water partition coefficient (Wildman–Crippen LogP) is 4.36. The second-order valence-electron chi connectivity index (χ2n) is 6.25. The average Bonchev–Trinajstić information content (AvgIpc) is 3.04. The molecule has 2 N–H and O–H groups in total. The van der Waals surface area contributed by atoms with Gasteiger partial charge in [-0.05, 0) is 30.7 Å². The van der Waals surface area contributed by atoms with Crippen molar-refractivity contribution in [2.24, 2.45) is 0 Å². The lowest BCUT2D eigenvalue weighted by molar-refractivity contribution is -0.112. The van der Waals surface area contributed by atoms with Crippen LogP contribution in [-0.4, -0.2) is 21.7 Å². The van der Waals surface area contributed by atoms with Crippen LogP contribution < -0.4 is 5.32 Å². The maximum absolute atomic E-state index is 12.7. The number of H-pyrrole nitrogens is 1. The zero-order valence-corrected chi connectivity index (χ0v) is 14.7. The van der Waals surface area contributed by atoms with Gasteiger partial charge in [0.15, 0.2) is 0 Å². The van der Waals surface area contributed by atoms with Crippen LogP contribution in [0.5, 0.6) is 0 Å². The molecule has 0 aliphatic heterocycles. The smallest absolute Gasteiger partial charge is 0.298 e. The molecule has 5 nitrogen and oxygen atoms in total. The molecule has 27 heavy (non-hydrogen) atoms. The van der Waals surface area contributed by atoms with Gasteiger partial charge in [0.1, 0.15) is 5.82 Å². The molecule has 0 aliphatic carbocycles. The highest BCUT2D eigenvalue weighted by molar-refractivity contribution is 6.48. The molecule has 4 rings (SSSR count). The van der Waals surface area contributed by atoms with Crippen molar-refractivity contribution >= 4 is 28.4 Å². The molecule has 0 atom stereocenters. The Balaban J connectivity index is 1.55. The zero-order valence-electron chi connectivity index (χ0n) is 14.7. The number of rotatable bonds is 4. The molecule has 0 saturated heterocycles. The average molecular weight is 355 g/mol. The molecule has 0 saturated carbocycles. The van der Waals surface area contributed by atoms with Crippen LogP contribution in [0, 0.1) is 6.92 Å². The van der Waals surface area contributed by atoms with Crippen molar-refractivity contribution in [2.45, 2.75) is 6.92 Å². The fraction of sp³-hybridized carbons (Fsp3) is 0.0455. The molecule has 0 fully saturated rings. The number of benzene rings is 2. The van der Waals surface area contributed by atoms with Crippen LogP contribution >= 0.6 is 0 Å². The summed E-state index contributed by atoms with van der Waals surface area (Å²) in [6, 6.07) is 20.8. The molecule has 5 heteroatoms. The number of para-hydroxylation sites is 1. The van der Waals surface area contributed by atoms with Crippen molar-refractivity contribution in [1.29, 1.82) is 0 Å². The van der Waals surface area contributed by atoms with Crippen LogP contribution in [0.15, 0.2) is 72.9 Å². The maximum Gasteiger partial charge on any atom is 0.298 e. The summed E-state index contributed by atoms with van der Waals surface area (Å²) in [6.07, 6.45) is 1.67. The number of amides is 1. The molecule has 4 aromatic rings. The number of ketones is 1. The molecule has 0 spiro atoms. The molecule has 2 heterocycles. The lowest BCUT2D eigenvalue weighted by Gasteiger charge is -2.06. The Morgan fingerprint density at radius 2 is 1.63 bits per heavy atom. The van der Waals surface area contributed by atoms with Crippen molar-refractivity contribution in [3.63, 3.8) is 0 Å². The van der Waals surface area contributed by atoms with E-state index in [0.29, 0.717) is 17.1 Å². The number of aromatic amines is 1. The van der Waals surface area contributed by atoms with E-state index < -0.39 is 11.7 Å². The Bertz CT molecular complexity index is 1130. The van der Waals surface area contributed by atoms with E-state index in [1.807, 2.05) is 60.7 Å². The summed E-state index contributed by atoms with van der Waals surface area (Å²) in [6.45, 7) is 1.79. The summed E-state index contributed by atoms with van der Waals surface area (Å²) in [4.78, 5) is 32.5. The minimum atomic E-state index is -0.706. The van der Waals surface area contributed by atoms with E-state index in [4.69, 9.17) is 0 Å². The fourth-order valence-electron chi connectivity index (χ4n) is 3.13. The van der Waals surface area contributed by atoms with E-state index in [1.54, 1.807) is 19.2 Å². The van der Waals surface area contributed by atoms with Gasteiger partial charge in [0.2, 0.25) is 0 Å². The van der Waals surface area contributed by atoms with Gasteiger partial charge < -0.3 is 10.3 Å². The summed E-state index contributed by atoms with van der Waals surface area (Å²) in [5.41, 5.74) is 3.87. The SMILES string of the molecule is Cc1[nH]c2ccccc2c1C(=O)C(=O)Nc1ccc(-c2ccccc2)cn1. The monoisotopic (exact) mass is 355 g/mol. The minimum absolute atomic E-state index is 0.338. The van der Waals surface area contributed by atoms with Gasteiger partial charge in [0.05, 0.1) is 5.56 Å². The normalized spacial score (nSPS) is 10.7. The molecule has 0 radical (unpaired) electrons. The van der Waals surface area contributed by atoms with Crippen LogP contribution in [0.1, 0.15) is 16.1 Å². The third kappa shape index (κ3) is 3.22. The highest BCUT2D eigenvalue weighted by Gasteiger charge is 2.22.